The number of hydrogen-bond acceptors (Lipinski definition) is 2. The maximum absolute atomic E-state index is 4.31. The second-order valence-corrected chi connectivity index (χ2v) is 3.77. The van der Waals surface area contributed by atoms with Gasteiger partial charge in [0.1, 0.15) is 5.82 Å². The van der Waals surface area contributed by atoms with E-state index in [9.17, 15) is 0 Å². The Morgan fingerprint density at radius 3 is 2.93 bits per heavy atom. The summed E-state index contributed by atoms with van der Waals surface area (Å²) in [5, 5.41) is 3.43. The standard InChI is InChI=1S/C11H21N3/c1-4-10(3)8-12-9-11-13-6-7-14(11)5-2/h6-7,10,12H,4-5,8-9H2,1-3H3. The molecule has 0 spiro atoms. The van der Waals surface area contributed by atoms with E-state index >= 15 is 0 Å². The van der Waals surface area contributed by atoms with Crippen LogP contribution in [0.25, 0.3) is 0 Å². The van der Waals surface area contributed by atoms with E-state index in [1.165, 1.54) is 6.42 Å². The molecule has 0 saturated heterocycles. The summed E-state index contributed by atoms with van der Waals surface area (Å²) in [6.07, 6.45) is 5.12. The number of hydrogen-bond donors (Lipinski definition) is 1. The van der Waals surface area contributed by atoms with Crippen molar-refractivity contribution < 1.29 is 0 Å². The van der Waals surface area contributed by atoms with Gasteiger partial charge in [0.2, 0.25) is 0 Å². The summed E-state index contributed by atoms with van der Waals surface area (Å²) < 4.78 is 2.17. The third kappa shape index (κ3) is 3.14. The molecule has 14 heavy (non-hydrogen) atoms. The molecule has 0 aliphatic heterocycles. The van der Waals surface area contributed by atoms with Crippen LogP contribution >= 0.6 is 0 Å². The molecule has 0 saturated carbocycles. The monoisotopic (exact) mass is 195 g/mol. The zero-order valence-electron chi connectivity index (χ0n) is 9.45. The Hall–Kier alpha value is -0.830. The van der Waals surface area contributed by atoms with E-state index in [0.29, 0.717) is 0 Å². The highest BCUT2D eigenvalue weighted by Gasteiger charge is 2.01. The largest absolute Gasteiger partial charge is 0.334 e. The van der Waals surface area contributed by atoms with Crippen LogP contribution in [0, 0.1) is 5.92 Å². The van der Waals surface area contributed by atoms with Crippen molar-refractivity contribution >= 4 is 0 Å². The summed E-state index contributed by atoms with van der Waals surface area (Å²) in [5.41, 5.74) is 0. The van der Waals surface area contributed by atoms with Crippen molar-refractivity contribution in [3.8, 4) is 0 Å². The quantitative estimate of drug-likeness (QED) is 0.752. The van der Waals surface area contributed by atoms with Crippen molar-refractivity contribution in [2.24, 2.45) is 5.92 Å². The van der Waals surface area contributed by atoms with E-state index in [2.05, 4.69) is 35.6 Å². The van der Waals surface area contributed by atoms with E-state index in [1.54, 1.807) is 0 Å². The summed E-state index contributed by atoms with van der Waals surface area (Å²) in [4.78, 5) is 4.31. The van der Waals surface area contributed by atoms with Crippen LogP contribution in [-0.4, -0.2) is 16.1 Å². The lowest BCUT2D eigenvalue weighted by molar-refractivity contribution is 0.488. The average molecular weight is 195 g/mol. The fourth-order valence-corrected chi connectivity index (χ4v) is 1.37. The van der Waals surface area contributed by atoms with E-state index < -0.39 is 0 Å². The van der Waals surface area contributed by atoms with E-state index in [-0.39, 0.29) is 0 Å². The lowest BCUT2D eigenvalue weighted by Gasteiger charge is -2.10. The topological polar surface area (TPSA) is 29.9 Å². The van der Waals surface area contributed by atoms with E-state index in [4.69, 9.17) is 0 Å². The highest BCUT2D eigenvalue weighted by atomic mass is 15.1. The van der Waals surface area contributed by atoms with E-state index in [0.717, 1.165) is 31.4 Å². The minimum atomic E-state index is 0.750. The zero-order chi connectivity index (χ0) is 10.4. The summed E-state index contributed by atoms with van der Waals surface area (Å²) in [6.45, 7) is 9.58. The van der Waals surface area contributed by atoms with Crippen molar-refractivity contribution in [1.82, 2.24) is 14.9 Å². The minimum Gasteiger partial charge on any atom is -0.334 e. The van der Waals surface area contributed by atoms with Crippen LogP contribution < -0.4 is 5.32 Å². The van der Waals surface area contributed by atoms with Gasteiger partial charge in [0.05, 0.1) is 6.54 Å². The lowest BCUT2D eigenvalue weighted by atomic mass is 10.1. The van der Waals surface area contributed by atoms with Gasteiger partial charge in [-0.1, -0.05) is 20.3 Å². The predicted octanol–water partition coefficient (Wildman–Crippen LogP) is 2.04. The lowest BCUT2D eigenvalue weighted by Crippen LogP contribution is -2.22. The fourth-order valence-electron chi connectivity index (χ4n) is 1.37. The van der Waals surface area contributed by atoms with Crippen molar-refractivity contribution in [3.05, 3.63) is 18.2 Å². The molecule has 0 amide bonds. The fraction of sp³-hybridized carbons (Fsp3) is 0.727. The highest BCUT2D eigenvalue weighted by Crippen LogP contribution is 2.00. The summed E-state index contributed by atoms with van der Waals surface area (Å²) in [5.74, 6) is 1.89. The molecule has 0 aliphatic carbocycles. The molecular formula is C11H21N3. The first-order valence-corrected chi connectivity index (χ1v) is 5.48. The molecule has 0 radical (unpaired) electrons. The molecule has 0 fully saturated rings. The van der Waals surface area contributed by atoms with Gasteiger partial charge in [0, 0.05) is 18.9 Å². The van der Waals surface area contributed by atoms with Crippen molar-refractivity contribution in [1.29, 1.82) is 0 Å². The second-order valence-electron chi connectivity index (χ2n) is 3.77. The Bertz CT molecular complexity index is 255. The molecule has 80 valence electrons. The van der Waals surface area contributed by atoms with Gasteiger partial charge in [-0.15, -0.1) is 0 Å². The smallest absolute Gasteiger partial charge is 0.122 e. The molecule has 1 unspecified atom stereocenters. The molecule has 1 aromatic heterocycles. The molecule has 1 rings (SSSR count). The molecule has 3 heteroatoms. The summed E-state index contributed by atoms with van der Waals surface area (Å²) in [7, 11) is 0. The molecule has 1 aromatic rings. The van der Waals surface area contributed by atoms with Crippen LogP contribution in [0.3, 0.4) is 0 Å². The second kappa shape index (κ2) is 5.81. The number of rotatable bonds is 6. The van der Waals surface area contributed by atoms with Crippen LogP contribution in [0.1, 0.15) is 33.0 Å². The highest BCUT2D eigenvalue weighted by molar-refractivity contribution is 4.91. The van der Waals surface area contributed by atoms with Gasteiger partial charge >= 0.3 is 0 Å². The van der Waals surface area contributed by atoms with Crippen LogP contribution in [0.2, 0.25) is 0 Å². The van der Waals surface area contributed by atoms with Crippen LogP contribution in [-0.2, 0) is 13.1 Å². The van der Waals surface area contributed by atoms with Gasteiger partial charge in [-0.05, 0) is 19.4 Å². The van der Waals surface area contributed by atoms with Crippen molar-refractivity contribution in [2.75, 3.05) is 6.54 Å². The number of nitrogens with zero attached hydrogens (tertiary/aromatic N) is 2. The third-order valence-electron chi connectivity index (χ3n) is 2.62. The van der Waals surface area contributed by atoms with Gasteiger partial charge in [0.15, 0.2) is 0 Å². The number of nitrogens with one attached hydrogen (secondary N) is 1. The minimum absolute atomic E-state index is 0.750. The molecule has 0 aromatic carbocycles. The normalized spacial score (nSPS) is 13.1. The Morgan fingerprint density at radius 2 is 2.29 bits per heavy atom. The molecular weight excluding hydrogens is 174 g/mol. The Balaban J connectivity index is 2.31. The summed E-state index contributed by atoms with van der Waals surface area (Å²) in [6, 6.07) is 0. The molecule has 3 nitrogen and oxygen atoms in total. The number of imidazole rings is 1. The Morgan fingerprint density at radius 1 is 1.50 bits per heavy atom. The van der Waals surface area contributed by atoms with Crippen molar-refractivity contribution in [2.45, 2.75) is 40.3 Å². The first-order chi connectivity index (χ1) is 6.77. The van der Waals surface area contributed by atoms with Gasteiger partial charge in [-0.2, -0.15) is 0 Å². The first kappa shape index (κ1) is 11.2. The molecule has 1 heterocycles. The van der Waals surface area contributed by atoms with Gasteiger partial charge < -0.3 is 9.88 Å². The van der Waals surface area contributed by atoms with Crippen LogP contribution in [0.5, 0.6) is 0 Å². The first-order valence-electron chi connectivity index (χ1n) is 5.48. The Labute approximate surface area is 86.5 Å². The Kier molecular flexibility index (Phi) is 4.66. The average Bonchev–Trinajstić information content (AvgIpc) is 2.65. The van der Waals surface area contributed by atoms with E-state index in [1.807, 2.05) is 12.4 Å². The maximum atomic E-state index is 4.31. The number of aryl methyl sites for hydroxylation is 1. The van der Waals surface area contributed by atoms with Crippen LogP contribution in [0.4, 0.5) is 0 Å². The van der Waals surface area contributed by atoms with Gasteiger partial charge in [-0.3, -0.25) is 0 Å². The molecule has 0 bridgehead atoms. The number of aromatic nitrogens is 2. The van der Waals surface area contributed by atoms with Crippen LogP contribution in [0.15, 0.2) is 12.4 Å². The van der Waals surface area contributed by atoms with Gasteiger partial charge in [-0.25, -0.2) is 4.98 Å². The molecule has 1 N–H and O–H groups in total. The summed E-state index contributed by atoms with van der Waals surface area (Å²) >= 11 is 0. The van der Waals surface area contributed by atoms with Gasteiger partial charge in [0.25, 0.3) is 0 Å². The van der Waals surface area contributed by atoms with Crippen molar-refractivity contribution in [3.63, 3.8) is 0 Å². The third-order valence-corrected chi connectivity index (χ3v) is 2.62. The molecule has 1 atom stereocenters. The molecule has 0 aliphatic rings. The zero-order valence-corrected chi connectivity index (χ0v) is 9.45. The maximum Gasteiger partial charge on any atom is 0.122 e. The predicted molar refractivity (Wildman–Crippen MR) is 59.1 cm³/mol. The SMILES string of the molecule is CCC(C)CNCc1nccn1CC.